The van der Waals surface area contributed by atoms with Gasteiger partial charge in [-0.2, -0.15) is 0 Å². The minimum Gasteiger partial charge on any atom is -0.0976 e. The summed E-state index contributed by atoms with van der Waals surface area (Å²) in [5.74, 6) is 0. The Bertz CT molecular complexity index is 72.0. The third-order valence-electron chi connectivity index (χ3n) is 0.471. The summed E-state index contributed by atoms with van der Waals surface area (Å²) in [5, 5.41) is 0.704. The van der Waals surface area contributed by atoms with Gasteiger partial charge in [-0.15, -0.1) is 0 Å². The van der Waals surface area contributed by atoms with Crippen LogP contribution in [0.3, 0.4) is 0 Å². The number of halogens is 1. The molecule has 0 rings (SSSR count). The van der Waals surface area contributed by atoms with Gasteiger partial charge in [-0.05, 0) is 6.92 Å². The van der Waals surface area contributed by atoms with E-state index in [4.69, 9.17) is 11.6 Å². The minimum atomic E-state index is 0.704. The number of allylic oxidation sites excluding steroid dienone is 3. The van der Waals surface area contributed by atoms with E-state index in [0.29, 0.717) is 5.03 Å². The molecule has 0 fully saturated rings. The van der Waals surface area contributed by atoms with Crippen molar-refractivity contribution in [2.24, 2.45) is 0 Å². The van der Waals surface area contributed by atoms with E-state index in [1.165, 1.54) is 0 Å². The fourth-order valence-corrected chi connectivity index (χ4v) is 0.118. The van der Waals surface area contributed by atoms with Crippen LogP contribution in [-0.4, -0.2) is 0 Å². The fraction of sp³-hybridized carbons (Fsp3) is 0.200. The summed E-state index contributed by atoms with van der Waals surface area (Å²) in [7, 11) is 0. The van der Waals surface area contributed by atoms with Gasteiger partial charge in [0.2, 0.25) is 0 Å². The van der Waals surface area contributed by atoms with E-state index in [2.05, 4.69) is 6.58 Å². The molecule has 0 spiro atoms. The molecule has 6 heavy (non-hydrogen) atoms. The molecule has 0 aliphatic carbocycles. The highest BCUT2D eigenvalue weighted by Gasteiger charge is 1.70. The van der Waals surface area contributed by atoms with Crippen LogP contribution in [0.1, 0.15) is 6.92 Å². The molecule has 0 aromatic carbocycles. The second kappa shape index (κ2) is 2.98. The van der Waals surface area contributed by atoms with Crippen molar-refractivity contribution in [3.63, 3.8) is 0 Å². The summed E-state index contributed by atoms with van der Waals surface area (Å²) in [6, 6.07) is 0. The van der Waals surface area contributed by atoms with E-state index >= 15 is 0 Å². The molecular weight excluding hydrogens is 95.5 g/mol. The Hall–Kier alpha value is -0.230. The lowest BCUT2D eigenvalue weighted by molar-refractivity contribution is 1.71. The normalized spacial score (nSPS) is 11.3. The SMILES string of the molecule is C=C/C(Cl)=C/C. The van der Waals surface area contributed by atoms with Gasteiger partial charge in [0.05, 0.1) is 0 Å². The highest BCUT2D eigenvalue weighted by atomic mass is 35.5. The highest BCUT2D eigenvalue weighted by Crippen LogP contribution is 1.98. The van der Waals surface area contributed by atoms with Gasteiger partial charge in [0.25, 0.3) is 0 Å². The molecule has 0 N–H and O–H groups in total. The average Bonchev–Trinajstić information content (AvgIpc) is 1.65. The van der Waals surface area contributed by atoms with E-state index in [0.717, 1.165) is 0 Å². The molecule has 0 saturated carbocycles. The molecule has 0 aromatic rings. The van der Waals surface area contributed by atoms with Crippen LogP contribution in [0.25, 0.3) is 0 Å². The van der Waals surface area contributed by atoms with Crippen molar-refractivity contribution in [2.45, 2.75) is 6.92 Å². The molecule has 34 valence electrons. The Morgan fingerprint density at radius 1 is 1.83 bits per heavy atom. The second-order valence-electron chi connectivity index (χ2n) is 0.878. The fourth-order valence-electron chi connectivity index (χ4n) is 0.118. The van der Waals surface area contributed by atoms with Gasteiger partial charge in [0, 0.05) is 5.03 Å². The smallest absolute Gasteiger partial charge is 0.0357 e. The van der Waals surface area contributed by atoms with E-state index in [9.17, 15) is 0 Å². The monoisotopic (exact) mass is 102 g/mol. The Labute approximate surface area is 43.1 Å². The van der Waals surface area contributed by atoms with Crippen LogP contribution in [0.2, 0.25) is 0 Å². The summed E-state index contributed by atoms with van der Waals surface area (Å²) in [6.07, 6.45) is 3.39. The van der Waals surface area contributed by atoms with E-state index in [-0.39, 0.29) is 0 Å². The summed E-state index contributed by atoms with van der Waals surface area (Å²) >= 11 is 5.39. The first-order chi connectivity index (χ1) is 2.81. The zero-order valence-electron chi connectivity index (χ0n) is 3.74. The van der Waals surface area contributed by atoms with Gasteiger partial charge in [-0.3, -0.25) is 0 Å². The third kappa shape index (κ3) is 2.04. The lowest BCUT2D eigenvalue weighted by atomic mass is 10.5. The molecule has 1 heteroatoms. The molecule has 0 aliphatic rings. The molecule has 0 heterocycles. The van der Waals surface area contributed by atoms with Gasteiger partial charge >= 0.3 is 0 Å². The van der Waals surface area contributed by atoms with Gasteiger partial charge < -0.3 is 0 Å². The first-order valence-corrected chi connectivity index (χ1v) is 2.13. The van der Waals surface area contributed by atoms with Gasteiger partial charge in [0.1, 0.15) is 0 Å². The molecule has 0 nitrogen and oxygen atoms in total. The van der Waals surface area contributed by atoms with Gasteiger partial charge in [0.15, 0.2) is 0 Å². The van der Waals surface area contributed by atoms with Gasteiger partial charge in [-0.1, -0.05) is 30.3 Å². The van der Waals surface area contributed by atoms with Crippen LogP contribution in [0.4, 0.5) is 0 Å². The van der Waals surface area contributed by atoms with Crippen LogP contribution in [-0.2, 0) is 0 Å². The summed E-state index contributed by atoms with van der Waals surface area (Å²) in [5.41, 5.74) is 0. The minimum absolute atomic E-state index is 0.704. The molecule has 0 aliphatic heterocycles. The maximum atomic E-state index is 5.39. The molecule has 0 atom stereocenters. The second-order valence-corrected chi connectivity index (χ2v) is 1.31. The van der Waals surface area contributed by atoms with Crippen LogP contribution in [0.5, 0.6) is 0 Å². The zero-order chi connectivity index (χ0) is 4.99. The van der Waals surface area contributed by atoms with Gasteiger partial charge in [-0.25, -0.2) is 0 Å². The van der Waals surface area contributed by atoms with Crippen LogP contribution >= 0.6 is 11.6 Å². The quantitative estimate of drug-likeness (QED) is 0.446. The van der Waals surface area contributed by atoms with E-state index < -0.39 is 0 Å². The number of hydrogen-bond acceptors (Lipinski definition) is 0. The van der Waals surface area contributed by atoms with E-state index in [1.54, 1.807) is 12.2 Å². The molecule has 0 radical (unpaired) electrons. The maximum absolute atomic E-state index is 5.39. The first kappa shape index (κ1) is 5.77. The maximum Gasteiger partial charge on any atom is 0.0357 e. The average molecular weight is 103 g/mol. The van der Waals surface area contributed by atoms with E-state index in [1.807, 2.05) is 6.92 Å². The first-order valence-electron chi connectivity index (χ1n) is 1.75. The Balaban J connectivity index is 3.50. The van der Waals surface area contributed by atoms with Crippen molar-refractivity contribution >= 4 is 11.6 Å². The van der Waals surface area contributed by atoms with Crippen LogP contribution < -0.4 is 0 Å². The Morgan fingerprint density at radius 2 is 2.33 bits per heavy atom. The van der Waals surface area contributed by atoms with Crippen LogP contribution in [0, 0.1) is 0 Å². The number of hydrogen-bond donors (Lipinski definition) is 0. The van der Waals surface area contributed by atoms with Crippen molar-refractivity contribution in [1.82, 2.24) is 0 Å². The Morgan fingerprint density at radius 3 is 2.33 bits per heavy atom. The largest absolute Gasteiger partial charge is 0.0976 e. The highest BCUT2D eigenvalue weighted by molar-refractivity contribution is 6.31. The molecule has 0 bridgehead atoms. The van der Waals surface area contributed by atoms with Crippen molar-refractivity contribution in [3.8, 4) is 0 Å². The van der Waals surface area contributed by atoms with Crippen molar-refractivity contribution in [1.29, 1.82) is 0 Å². The van der Waals surface area contributed by atoms with Crippen molar-refractivity contribution in [3.05, 3.63) is 23.8 Å². The molecule has 0 aromatic heterocycles. The Kier molecular flexibility index (Phi) is 2.87. The summed E-state index contributed by atoms with van der Waals surface area (Å²) in [6.45, 7) is 5.30. The van der Waals surface area contributed by atoms with Crippen LogP contribution in [0.15, 0.2) is 23.8 Å². The molecule has 0 amide bonds. The lowest BCUT2D eigenvalue weighted by Crippen LogP contribution is -1.51. The number of rotatable bonds is 1. The molecular formula is C5H7Cl. The predicted octanol–water partition coefficient (Wildman–Crippen LogP) is 2.32. The summed E-state index contributed by atoms with van der Waals surface area (Å²) in [4.78, 5) is 0. The summed E-state index contributed by atoms with van der Waals surface area (Å²) < 4.78 is 0. The lowest BCUT2D eigenvalue weighted by Gasteiger charge is -1.74. The standard InChI is InChI=1S/C5H7Cl/c1-3-5(6)4-2/h3-4H,1H2,2H3/b5-4-. The topological polar surface area (TPSA) is 0 Å². The molecule has 0 saturated heterocycles. The molecule has 0 unspecified atom stereocenters. The predicted molar refractivity (Wildman–Crippen MR) is 29.8 cm³/mol. The third-order valence-corrected chi connectivity index (χ3v) is 0.843. The van der Waals surface area contributed by atoms with Crippen molar-refractivity contribution in [2.75, 3.05) is 0 Å². The van der Waals surface area contributed by atoms with Crippen molar-refractivity contribution < 1.29 is 0 Å². The zero-order valence-corrected chi connectivity index (χ0v) is 4.50.